The van der Waals surface area contributed by atoms with Crippen LogP contribution in [0.2, 0.25) is 0 Å². The van der Waals surface area contributed by atoms with Crippen molar-refractivity contribution in [2.75, 3.05) is 0 Å². The predicted octanol–water partition coefficient (Wildman–Crippen LogP) is 0.453. The van der Waals surface area contributed by atoms with Crippen molar-refractivity contribution in [1.82, 2.24) is 20.3 Å². The minimum absolute atomic E-state index is 0.493. The molecular formula is C9H13F3N4O. The van der Waals surface area contributed by atoms with E-state index in [1.54, 1.807) is 0 Å². The zero-order chi connectivity index (χ0) is 12.5. The first kappa shape index (κ1) is 12.3. The predicted molar refractivity (Wildman–Crippen MR) is 51.9 cm³/mol. The normalized spacial score (nSPS) is 18.4. The van der Waals surface area contributed by atoms with Crippen molar-refractivity contribution < 1.29 is 18.3 Å². The van der Waals surface area contributed by atoms with Crippen LogP contribution in [0.3, 0.4) is 0 Å². The van der Waals surface area contributed by atoms with E-state index in [0.29, 0.717) is 18.3 Å². The van der Waals surface area contributed by atoms with Gasteiger partial charge in [-0.2, -0.15) is 13.2 Å². The zero-order valence-corrected chi connectivity index (χ0v) is 8.98. The number of alkyl halides is 3. The monoisotopic (exact) mass is 250 g/mol. The molecule has 0 spiro atoms. The van der Waals surface area contributed by atoms with Gasteiger partial charge < -0.3 is 10.4 Å². The highest BCUT2D eigenvalue weighted by molar-refractivity contribution is 4.94. The van der Waals surface area contributed by atoms with Crippen LogP contribution in [0.15, 0.2) is 6.20 Å². The molecule has 1 atom stereocenters. The molecule has 0 saturated heterocycles. The van der Waals surface area contributed by atoms with Gasteiger partial charge >= 0.3 is 6.18 Å². The lowest BCUT2D eigenvalue weighted by Crippen LogP contribution is -2.33. The maximum Gasteiger partial charge on any atom is 0.416 e. The van der Waals surface area contributed by atoms with E-state index in [9.17, 15) is 13.2 Å². The van der Waals surface area contributed by atoms with Crippen LogP contribution in [0, 0.1) is 0 Å². The molecular weight excluding hydrogens is 237 g/mol. The van der Waals surface area contributed by atoms with Gasteiger partial charge in [0.05, 0.1) is 12.2 Å². The molecule has 1 aromatic rings. The molecule has 2 N–H and O–H groups in total. The summed E-state index contributed by atoms with van der Waals surface area (Å²) < 4.78 is 37.2. The van der Waals surface area contributed by atoms with Crippen LogP contribution in [0.25, 0.3) is 0 Å². The molecule has 0 radical (unpaired) electrons. The van der Waals surface area contributed by atoms with E-state index >= 15 is 0 Å². The molecule has 1 fully saturated rings. The molecule has 0 bridgehead atoms. The minimum Gasteiger partial charge on any atom is -0.382 e. The molecule has 8 heteroatoms. The van der Waals surface area contributed by atoms with Crippen LogP contribution in [0.1, 0.15) is 18.5 Å². The fourth-order valence-electron chi connectivity index (χ4n) is 1.33. The molecule has 1 heterocycles. The standard InChI is InChI=1S/C9H13F3N4O/c10-9(11,12)8(17)5-16-4-7(14-15-16)3-13-6-1-2-6/h4,6,8,13,17H,1-3,5H2. The second-order valence-corrected chi connectivity index (χ2v) is 4.14. The zero-order valence-electron chi connectivity index (χ0n) is 8.98. The Hall–Kier alpha value is -1.15. The second kappa shape index (κ2) is 4.61. The van der Waals surface area contributed by atoms with Crippen LogP contribution >= 0.6 is 0 Å². The van der Waals surface area contributed by atoms with Gasteiger partial charge in [0.25, 0.3) is 0 Å². The van der Waals surface area contributed by atoms with Crippen molar-refractivity contribution in [3.05, 3.63) is 11.9 Å². The van der Waals surface area contributed by atoms with Crippen molar-refractivity contribution in [2.24, 2.45) is 0 Å². The summed E-state index contributed by atoms with van der Waals surface area (Å²) in [6, 6.07) is 0.501. The molecule has 5 nitrogen and oxygen atoms in total. The van der Waals surface area contributed by atoms with Gasteiger partial charge in [-0.1, -0.05) is 5.21 Å². The lowest BCUT2D eigenvalue weighted by molar-refractivity contribution is -0.208. The maximum absolute atomic E-state index is 12.1. The number of aliphatic hydroxyl groups is 1. The molecule has 1 saturated carbocycles. The fraction of sp³-hybridized carbons (Fsp3) is 0.778. The number of nitrogens with one attached hydrogen (secondary N) is 1. The first-order valence-corrected chi connectivity index (χ1v) is 5.32. The minimum atomic E-state index is -4.63. The molecule has 1 aliphatic carbocycles. The van der Waals surface area contributed by atoms with Crippen molar-refractivity contribution >= 4 is 0 Å². The van der Waals surface area contributed by atoms with Crippen LogP contribution in [-0.4, -0.2) is 38.4 Å². The largest absolute Gasteiger partial charge is 0.416 e. The van der Waals surface area contributed by atoms with E-state index in [-0.39, 0.29) is 0 Å². The molecule has 0 aliphatic heterocycles. The highest BCUT2D eigenvalue weighted by atomic mass is 19.4. The van der Waals surface area contributed by atoms with E-state index in [2.05, 4.69) is 15.6 Å². The average Bonchev–Trinajstić information content (AvgIpc) is 2.95. The second-order valence-electron chi connectivity index (χ2n) is 4.14. The average molecular weight is 250 g/mol. The van der Waals surface area contributed by atoms with Crippen molar-refractivity contribution in [1.29, 1.82) is 0 Å². The van der Waals surface area contributed by atoms with Gasteiger partial charge in [-0.25, -0.2) is 4.68 Å². The molecule has 1 unspecified atom stereocenters. The summed E-state index contributed by atoms with van der Waals surface area (Å²) in [6.45, 7) is -0.132. The molecule has 17 heavy (non-hydrogen) atoms. The smallest absolute Gasteiger partial charge is 0.382 e. The Morgan fingerprint density at radius 2 is 2.24 bits per heavy atom. The van der Waals surface area contributed by atoms with Gasteiger partial charge in [0, 0.05) is 18.8 Å². The summed E-state index contributed by atoms with van der Waals surface area (Å²) in [5, 5.41) is 19.3. The third kappa shape index (κ3) is 3.67. The Bertz CT molecular complexity index is 375. The number of hydrogen-bond acceptors (Lipinski definition) is 4. The Balaban J connectivity index is 1.84. The van der Waals surface area contributed by atoms with E-state index in [1.807, 2.05) is 0 Å². The summed E-state index contributed by atoms with van der Waals surface area (Å²) in [5.74, 6) is 0. The number of rotatable bonds is 5. The van der Waals surface area contributed by atoms with Gasteiger partial charge in [-0.3, -0.25) is 0 Å². The summed E-state index contributed by atoms with van der Waals surface area (Å²) in [6.07, 6.45) is -3.38. The van der Waals surface area contributed by atoms with E-state index < -0.39 is 18.8 Å². The van der Waals surface area contributed by atoms with Crippen LogP contribution in [-0.2, 0) is 13.1 Å². The molecule has 0 aromatic carbocycles. The van der Waals surface area contributed by atoms with Gasteiger partial charge in [0.1, 0.15) is 0 Å². The number of nitrogens with zero attached hydrogens (tertiary/aromatic N) is 3. The summed E-state index contributed by atoms with van der Waals surface area (Å²) in [4.78, 5) is 0. The quantitative estimate of drug-likeness (QED) is 0.796. The van der Waals surface area contributed by atoms with Gasteiger partial charge in [0.15, 0.2) is 6.10 Å². The molecule has 2 rings (SSSR count). The third-order valence-electron chi connectivity index (χ3n) is 2.47. The first-order valence-electron chi connectivity index (χ1n) is 5.32. The van der Waals surface area contributed by atoms with Gasteiger partial charge in [-0.05, 0) is 12.8 Å². The maximum atomic E-state index is 12.1. The summed E-state index contributed by atoms with van der Waals surface area (Å²) >= 11 is 0. The molecule has 1 aliphatic rings. The van der Waals surface area contributed by atoms with Crippen molar-refractivity contribution in [3.63, 3.8) is 0 Å². The Kier molecular flexibility index (Phi) is 3.34. The third-order valence-corrected chi connectivity index (χ3v) is 2.47. The van der Waals surface area contributed by atoms with Gasteiger partial charge in [-0.15, -0.1) is 5.10 Å². The first-order chi connectivity index (χ1) is 7.95. The van der Waals surface area contributed by atoms with Crippen LogP contribution < -0.4 is 5.32 Å². The highest BCUT2D eigenvalue weighted by Gasteiger charge is 2.38. The molecule has 96 valence electrons. The lowest BCUT2D eigenvalue weighted by atomic mass is 10.3. The van der Waals surface area contributed by atoms with Crippen molar-refractivity contribution in [2.45, 2.75) is 44.3 Å². The van der Waals surface area contributed by atoms with Crippen LogP contribution in [0.5, 0.6) is 0 Å². The number of hydrogen-bond donors (Lipinski definition) is 2. The van der Waals surface area contributed by atoms with E-state index in [0.717, 1.165) is 17.5 Å². The molecule has 1 aromatic heterocycles. The summed E-state index contributed by atoms with van der Waals surface area (Å²) in [5.41, 5.74) is 0.575. The van der Waals surface area contributed by atoms with E-state index in [1.165, 1.54) is 6.20 Å². The fourth-order valence-corrected chi connectivity index (χ4v) is 1.33. The Morgan fingerprint density at radius 1 is 1.53 bits per heavy atom. The number of aromatic nitrogens is 3. The highest BCUT2D eigenvalue weighted by Crippen LogP contribution is 2.21. The SMILES string of the molecule is OC(Cn1cc(CNC2CC2)nn1)C(F)(F)F. The Morgan fingerprint density at radius 3 is 2.82 bits per heavy atom. The number of halogens is 3. The topological polar surface area (TPSA) is 63.0 Å². The lowest BCUT2D eigenvalue weighted by Gasteiger charge is -2.13. The summed E-state index contributed by atoms with van der Waals surface area (Å²) in [7, 11) is 0. The number of aliphatic hydroxyl groups excluding tert-OH is 1. The molecule has 0 amide bonds. The Labute approximate surface area is 95.6 Å². The van der Waals surface area contributed by atoms with Crippen molar-refractivity contribution in [3.8, 4) is 0 Å². The van der Waals surface area contributed by atoms with Gasteiger partial charge in [0.2, 0.25) is 0 Å². The van der Waals surface area contributed by atoms with Crippen LogP contribution in [0.4, 0.5) is 13.2 Å². The van der Waals surface area contributed by atoms with E-state index in [4.69, 9.17) is 5.11 Å².